The first-order chi connectivity index (χ1) is 8.06. The van der Waals surface area contributed by atoms with E-state index in [1.165, 1.54) is 7.11 Å². The molecule has 0 spiro atoms. The Morgan fingerprint density at radius 2 is 2.29 bits per heavy atom. The number of aryl methyl sites for hydroxylation is 1. The van der Waals surface area contributed by atoms with E-state index in [1.54, 1.807) is 0 Å². The third-order valence-corrected chi connectivity index (χ3v) is 3.29. The lowest BCUT2D eigenvalue weighted by Crippen LogP contribution is -2.27. The largest absolute Gasteiger partial charge is 0.465 e. The fraction of sp³-hybridized carbons (Fsp3) is 0.667. The van der Waals surface area contributed by atoms with Crippen LogP contribution in [0.3, 0.4) is 0 Å². The van der Waals surface area contributed by atoms with Crippen molar-refractivity contribution in [3.05, 3.63) is 11.3 Å². The number of fused-ring (bicyclic) bond motifs is 1. The van der Waals surface area contributed by atoms with Crippen LogP contribution in [0.2, 0.25) is 0 Å². The summed E-state index contributed by atoms with van der Waals surface area (Å²) in [5.41, 5.74) is 1.30. The highest BCUT2D eigenvalue weighted by Crippen LogP contribution is 2.33. The van der Waals surface area contributed by atoms with Crippen molar-refractivity contribution in [1.82, 2.24) is 9.78 Å². The Kier molecular flexibility index (Phi) is 3.09. The molecule has 0 aromatic carbocycles. The van der Waals surface area contributed by atoms with Crippen LogP contribution in [0.4, 0.5) is 5.82 Å². The van der Waals surface area contributed by atoms with Crippen LogP contribution in [0.5, 0.6) is 0 Å². The fourth-order valence-corrected chi connectivity index (χ4v) is 2.38. The van der Waals surface area contributed by atoms with Gasteiger partial charge in [0.25, 0.3) is 0 Å². The number of ether oxygens (including phenoxy) is 1. The van der Waals surface area contributed by atoms with Crippen LogP contribution in [-0.4, -0.2) is 29.4 Å². The molecule has 5 nitrogen and oxygen atoms in total. The molecule has 1 aromatic heterocycles. The normalized spacial score (nSPS) is 18.8. The van der Waals surface area contributed by atoms with Gasteiger partial charge in [-0.15, -0.1) is 0 Å². The summed E-state index contributed by atoms with van der Waals surface area (Å²) in [5, 5.41) is 7.73. The van der Waals surface area contributed by atoms with Gasteiger partial charge in [-0.25, -0.2) is 9.48 Å². The van der Waals surface area contributed by atoms with Gasteiger partial charge in [0, 0.05) is 6.54 Å². The number of esters is 1. The van der Waals surface area contributed by atoms with Crippen LogP contribution >= 0.6 is 0 Å². The molecular formula is C12H19N3O2. The van der Waals surface area contributed by atoms with Crippen LogP contribution in [0.25, 0.3) is 0 Å². The summed E-state index contributed by atoms with van der Waals surface area (Å²) in [4.78, 5) is 11.7. The summed E-state index contributed by atoms with van der Waals surface area (Å²) in [6.07, 6.45) is 1.03. The molecule has 1 N–H and O–H groups in total. The number of nitrogens with one attached hydrogen (secondary N) is 1. The molecule has 1 unspecified atom stereocenters. The molecule has 0 saturated heterocycles. The summed E-state index contributed by atoms with van der Waals surface area (Å²) in [5.74, 6) is 0.987. The summed E-state index contributed by atoms with van der Waals surface area (Å²) >= 11 is 0. The van der Waals surface area contributed by atoms with Gasteiger partial charge in [-0.3, -0.25) is 0 Å². The van der Waals surface area contributed by atoms with Crippen molar-refractivity contribution >= 4 is 11.8 Å². The molecule has 0 fully saturated rings. The minimum absolute atomic E-state index is 0.319. The van der Waals surface area contributed by atoms with Crippen LogP contribution < -0.4 is 5.32 Å². The Morgan fingerprint density at radius 3 is 2.88 bits per heavy atom. The zero-order valence-corrected chi connectivity index (χ0v) is 10.8. The summed E-state index contributed by atoms with van der Waals surface area (Å²) in [6.45, 7) is 7.07. The van der Waals surface area contributed by atoms with Crippen LogP contribution in [-0.2, 0) is 4.74 Å². The van der Waals surface area contributed by atoms with E-state index in [4.69, 9.17) is 4.74 Å². The van der Waals surface area contributed by atoms with E-state index in [1.807, 2.05) is 11.6 Å². The van der Waals surface area contributed by atoms with Crippen molar-refractivity contribution in [3.8, 4) is 0 Å². The number of hydrogen-bond donors (Lipinski definition) is 1. The topological polar surface area (TPSA) is 56.1 Å². The third-order valence-electron chi connectivity index (χ3n) is 3.29. The van der Waals surface area contributed by atoms with Crippen LogP contribution in [0.1, 0.15) is 42.4 Å². The Bertz CT molecular complexity index is 437. The zero-order valence-electron chi connectivity index (χ0n) is 10.8. The van der Waals surface area contributed by atoms with Crippen molar-refractivity contribution in [3.63, 3.8) is 0 Å². The minimum Gasteiger partial charge on any atom is -0.465 e. The quantitative estimate of drug-likeness (QED) is 0.799. The standard InChI is InChI=1S/C12H19N3O2/c1-7(2)9-5-6-13-11-10(12(16)17-4)8(3)14-15(9)11/h7,9,13H,5-6H2,1-4H3. The molecule has 0 bridgehead atoms. The van der Waals surface area contributed by atoms with E-state index in [9.17, 15) is 4.79 Å². The summed E-state index contributed by atoms with van der Waals surface area (Å²) in [7, 11) is 1.40. The maximum atomic E-state index is 11.7. The second-order valence-corrected chi connectivity index (χ2v) is 4.77. The average Bonchev–Trinajstić information content (AvgIpc) is 2.63. The number of carbonyl (C=O) groups is 1. The molecule has 0 radical (unpaired) electrons. The molecule has 0 saturated carbocycles. The molecule has 5 heteroatoms. The van der Waals surface area contributed by atoms with Gasteiger partial charge in [0.05, 0.1) is 18.8 Å². The molecular weight excluding hydrogens is 218 g/mol. The molecule has 1 atom stereocenters. The van der Waals surface area contributed by atoms with Crippen molar-refractivity contribution in [1.29, 1.82) is 0 Å². The highest BCUT2D eigenvalue weighted by Gasteiger charge is 2.30. The molecule has 1 aromatic rings. The van der Waals surface area contributed by atoms with Crippen molar-refractivity contribution in [2.75, 3.05) is 19.0 Å². The van der Waals surface area contributed by atoms with E-state index >= 15 is 0 Å². The van der Waals surface area contributed by atoms with Crippen molar-refractivity contribution < 1.29 is 9.53 Å². The van der Waals surface area contributed by atoms with E-state index in [0.717, 1.165) is 24.5 Å². The van der Waals surface area contributed by atoms with E-state index in [0.29, 0.717) is 17.5 Å². The molecule has 2 rings (SSSR count). The van der Waals surface area contributed by atoms with Crippen molar-refractivity contribution in [2.45, 2.75) is 33.2 Å². The van der Waals surface area contributed by atoms with E-state index in [-0.39, 0.29) is 5.97 Å². The summed E-state index contributed by atoms with van der Waals surface area (Å²) < 4.78 is 6.75. The molecule has 17 heavy (non-hydrogen) atoms. The third kappa shape index (κ3) is 1.90. The number of methoxy groups -OCH3 is 1. The number of nitrogens with zero attached hydrogens (tertiary/aromatic N) is 2. The Morgan fingerprint density at radius 1 is 1.59 bits per heavy atom. The highest BCUT2D eigenvalue weighted by molar-refractivity contribution is 5.96. The number of aromatic nitrogens is 2. The maximum absolute atomic E-state index is 11.7. The molecule has 94 valence electrons. The predicted octanol–water partition coefficient (Wildman–Crippen LogP) is 1.99. The lowest BCUT2D eigenvalue weighted by Gasteiger charge is -2.28. The monoisotopic (exact) mass is 237 g/mol. The van der Waals surface area contributed by atoms with Gasteiger partial charge in [-0.2, -0.15) is 5.10 Å². The predicted molar refractivity (Wildman–Crippen MR) is 65.3 cm³/mol. The Labute approximate surface area is 101 Å². The number of carbonyl (C=O) groups excluding carboxylic acids is 1. The van der Waals surface area contributed by atoms with Crippen LogP contribution in [0, 0.1) is 12.8 Å². The SMILES string of the molecule is COC(=O)c1c(C)nn2c1NCCC2C(C)C. The van der Waals surface area contributed by atoms with E-state index < -0.39 is 0 Å². The first kappa shape index (κ1) is 12.0. The first-order valence-corrected chi connectivity index (χ1v) is 5.97. The lowest BCUT2D eigenvalue weighted by molar-refractivity contribution is 0.0600. The molecule has 0 amide bonds. The van der Waals surface area contributed by atoms with Gasteiger partial charge < -0.3 is 10.1 Å². The van der Waals surface area contributed by atoms with Gasteiger partial charge >= 0.3 is 5.97 Å². The smallest absolute Gasteiger partial charge is 0.343 e. The van der Waals surface area contributed by atoms with Gasteiger partial charge in [0.2, 0.25) is 0 Å². The lowest BCUT2D eigenvalue weighted by atomic mass is 9.99. The second kappa shape index (κ2) is 4.39. The Hall–Kier alpha value is -1.52. The maximum Gasteiger partial charge on any atom is 0.343 e. The number of anilines is 1. The van der Waals surface area contributed by atoms with Gasteiger partial charge in [0.15, 0.2) is 0 Å². The molecule has 0 aliphatic carbocycles. The molecule has 2 heterocycles. The van der Waals surface area contributed by atoms with Gasteiger partial charge in [-0.05, 0) is 19.3 Å². The average molecular weight is 237 g/mol. The van der Waals surface area contributed by atoms with Gasteiger partial charge in [-0.1, -0.05) is 13.8 Å². The first-order valence-electron chi connectivity index (χ1n) is 5.97. The van der Waals surface area contributed by atoms with Gasteiger partial charge in [0.1, 0.15) is 11.4 Å². The number of hydrogen-bond acceptors (Lipinski definition) is 4. The fourth-order valence-electron chi connectivity index (χ4n) is 2.38. The zero-order chi connectivity index (χ0) is 12.6. The molecule has 1 aliphatic rings. The highest BCUT2D eigenvalue weighted by atomic mass is 16.5. The second-order valence-electron chi connectivity index (χ2n) is 4.77. The van der Waals surface area contributed by atoms with E-state index in [2.05, 4.69) is 24.3 Å². The number of rotatable bonds is 2. The van der Waals surface area contributed by atoms with Crippen molar-refractivity contribution in [2.24, 2.45) is 5.92 Å². The Balaban J connectivity index is 2.49. The minimum atomic E-state index is -0.319. The molecule has 1 aliphatic heterocycles. The summed E-state index contributed by atoms with van der Waals surface area (Å²) in [6, 6.07) is 0.350. The van der Waals surface area contributed by atoms with Crippen LogP contribution in [0.15, 0.2) is 0 Å².